The number of Topliss-reactive ketones (excluding diaryl/α,β-unsaturated/α-hetero) is 1. The Morgan fingerprint density at radius 3 is 3.00 bits per heavy atom. The van der Waals surface area contributed by atoms with Gasteiger partial charge in [0.1, 0.15) is 5.82 Å². The first kappa shape index (κ1) is 14.4. The molecule has 23 heavy (non-hydrogen) atoms. The van der Waals surface area contributed by atoms with Gasteiger partial charge in [-0.15, -0.1) is 10.2 Å². The fraction of sp³-hybridized carbons (Fsp3) is 0.375. The lowest BCUT2D eigenvalue weighted by molar-refractivity contribution is -0.115. The molecule has 2 heterocycles. The molecule has 1 saturated carbocycles. The lowest BCUT2D eigenvalue weighted by atomic mass is 10.1. The van der Waals surface area contributed by atoms with E-state index < -0.39 is 0 Å². The first-order valence-electron chi connectivity index (χ1n) is 7.62. The zero-order chi connectivity index (χ0) is 16.0. The van der Waals surface area contributed by atoms with Crippen LogP contribution in [0.15, 0.2) is 23.4 Å². The van der Waals surface area contributed by atoms with Crippen LogP contribution >= 0.6 is 11.8 Å². The van der Waals surface area contributed by atoms with Crippen LogP contribution in [-0.4, -0.2) is 32.2 Å². The standard InChI is InChI=1S/C16H16N4O2S/c1-9-18-19-16(20(9)12-3-4-12)23-8-14(21)10-2-5-13-11(6-10)7-15(22)17-13/h2,5-6,12H,3-4,7-8H2,1H3,(H,17,22). The Labute approximate surface area is 137 Å². The zero-order valence-corrected chi connectivity index (χ0v) is 13.5. The summed E-state index contributed by atoms with van der Waals surface area (Å²) in [5.74, 6) is 1.25. The maximum atomic E-state index is 12.4. The molecule has 0 spiro atoms. The first-order valence-corrected chi connectivity index (χ1v) is 8.60. The number of anilines is 1. The Morgan fingerprint density at radius 2 is 2.22 bits per heavy atom. The molecule has 7 heteroatoms. The molecule has 0 radical (unpaired) electrons. The maximum absolute atomic E-state index is 12.4. The molecule has 0 atom stereocenters. The number of hydrogen-bond donors (Lipinski definition) is 1. The molecule has 0 bridgehead atoms. The van der Waals surface area contributed by atoms with Gasteiger partial charge in [-0.25, -0.2) is 0 Å². The summed E-state index contributed by atoms with van der Waals surface area (Å²) >= 11 is 1.43. The number of nitrogens with zero attached hydrogens (tertiary/aromatic N) is 3. The van der Waals surface area contributed by atoms with E-state index in [1.165, 1.54) is 11.8 Å². The fourth-order valence-electron chi connectivity index (χ4n) is 2.82. The molecule has 1 aromatic carbocycles. The van der Waals surface area contributed by atoms with Crippen molar-refractivity contribution in [3.05, 3.63) is 35.2 Å². The second-order valence-corrected chi connectivity index (χ2v) is 6.88. The second kappa shape index (κ2) is 5.49. The van der Waals surface area contributed by atoms with Crippen molar-refractivity contribution >= 4 is 29.1 Å². The van der Waals surface area contributed by atoms with Gasteiger partial charge < -0.3 is 9.88 Å². The number of benzene rings is 1. The van der Waals surface area contributed by atoms with E-state index in [-0.39, 0.29) is 11.7 Å². The molecule has 2 aliphatic rings. The zero-order valence-electron chi connectivity index (χ0n) is 12.7. The summed E-state index contributed by atoms with van der Waals surface area (Å²) in [5, 5.41) is 11.9. The summed E-state index contributed by atoms with van der Waals surface area (Å²) in [6.07, 6.45) is 2.66. The third-order valence-corrected chi connectivity index (χ3v) is 5.07. The van der Waals surface area contributed by atoms with Gasteiger partial charge in [-0.1, -0.05) is 11.8 Å². The Kier molecular flexibility index (Phi) is 3.45. The van der Waals surface area contributed by atoms with E-state index in [4.69, 9.17) is 0 Å². The third-order valence-electron chi connectivity index (χ3n) is 4.13. The summed E-state index contributed by atoms with van der Waals surface area (Å²) in [6, 6.07) is 5.88. The lowest BCUT2D eigenvalue weighted by Crippen LogP contribution is -2.05. The number of carbonyl (C=O) groups is 2. The van der Waals surface area contributed by atoms with Crippen molar-refractivity contribution in [3.8, 4) is 0 Å². The van der Waals surface area contributed by atoms with Crippen LogP contribution in [0.25, 0.3) is 0 Å². The van der Waals surface area contributed by atoms with Gasteiger partial charge >= 0.3 is 0 Å². The van der Waals surface area contributed by atoms with Crippen molar-refractivity contribution < 1.29 is 9.59 Å². The molecule has 1 aliphatic heterocycles. The summed E-state index contributed by atoms with van der Waals surface area (Å²) in [7, 11) is 0. The van der Waals surface area contributed by atoms with Crippen LogP contribution < -0.4 is 5.32 Å². The largest absolute Gasteiger partial charge is 0.326 e. The predicted molar refractivity (Wildman–Crippen MR) is 86.9 cm³/mol. The van der Waals surface area contributed by atoms with Gasteiger partial charge in [-0.05, 0) is 43.5 Å². The SMILES string of the molecule is Cc1nnc(SCC(=O)c2ccc3c(c2)CC(=O)N3)n1C1CC1. The number of rotatable bonds is 5. The Bertz CT molecular complexity index is 810. The Balaban J connectivity index is 1.47. The van der Waals surface area contributed by atoms with Crippen molar-refractivity contribution in [2.45, 2.75) is 37.4 Å². The minimum Gasteiger partial charge on any atom is -0.326 e. The maximum Gasteiger partial charge on any atom is 0.228 e. The molecule has 1 aromatic heterocycles. The smallest absolute Gasteiger partial charge is 0.228 e. The van der Waals surface area contributed by atoms with Crippen molar-refractivity contribution in [3.63, 3.8) is 0 Å². The highest BCUT2D eigenvalue weighted by atomic mass is 32.2. The van der Waals surface area contributed by atoms with Crippen LogP contribution in [0, 0.1) is 6.92 Å². The lowest BCUT2D eigenvalue weighted by Gasteiger charge is -2.06. The minimum atomic E-state index is -0.0213. The third kappa shape index (κ3) is 2.76. The molecular formula is C16H16N4O2S. The number of nitrogens with one attached hydrogen (secondary N) is 1. The van der Waals surface area contributed by atoms with Crippen molar-refractivity contribution in [1.82, 2.24) is 14.8 Å². The number of aromatic nitrogens is 3. The summed E-state index contributed by atoms with van der Waals surface area (Å²) in [6.45, 7) is 1.95. The van der Waals surface area contributed by atoms with Gasteiger partial charge in [-0.3, -0.25) is 9.59 Å². The van der Waals surface area contributed by atoms with Crippen LogP contribution in [0.3, 0.4) is 0 Å². The van der Waals surface area contributed by atoms with Crippen LogP contribution in [-0.2, 0) is 11.2 Å². The monoisotopic (exact) mass is 328 g/mol. The highest BCUT2D eigenvalue weighted by molar-refractivity contribution is 7.99. The van der Waals surface area contributed by atoms with Gasteiger partial charge in [0.15, 0.2) is 10.9 Å². The van der Waals surface area contributed by atoms with Gasteiger partial charge in [0.2, 0.25) is 5.91 Å². The molecule has 118 valence electrons. The van der Waals surface area contributed by atoms with Gasteiger partial charge in [0.25, 0.3) is 0 Å². The normalized spacial score (nSPS) is 16.3. The second-order valence-electron chi connectivity index (χ2n) is 5.94. The number of carbonyl (C=O) groups excluding carboxylic acids is 2. The molecule has 0 saturated heterocycles. The molecular weight excluding hydrogens is 312 g/mol. The van der Waals surface area contributed by atoms with Crippen LogP contribution in [0.5, 0.6) is 0 Å². The summed E-state index contributed by atoms with van der Waals surface area (Å²) in [4.78, 5) is 23.8. The number of aryl methyl sites for hydroxylation is 1. The van der Waals surface area contributed by atoms with Crippen molar-refractivity contribution in [2.75, 3.05) is 11.1 Å². The molecule has 1 N–H and O–H groups in total. The molecule has 1 amide bonds. The number of thioether (sulfide) groups is 1. The van der Waals surface area contributed by atoms with E-state index in [2.05, 4.69) is 20.1 Å². The molecule has 0 unspecified atom stereocenters. The number of hydrogen-bond acceptors (Lipinski definition) is 5. The molecule has 2 aromatic rings. The van der Waals surface area contributed by atoms with Crippen molar-refractivity contribution in [2.24, 2.45) is 0 Å². The van der Waals surface area contributed by atoms with Gasteiger partial charge in [-0.2, -0.15) is 0 Å². The number of ketones is 1. The number of amides is 1. The van der Waals surface area contributed by atoms with Crippen molar-refractivity contribution in [1.29, 1.82) is 0 Å². The van der Waals surface area contributed by atoms with E-state index in [1.54, 1.807) is 12.1 Å². The predicted octanol–water partition coefficient (Wildman–Crippen LogP) is 2.39. The summed E-state index contributed by atoms with van der Waals surface area (Å²) in [5.41, 5.74) is 2.34. The van der Waals surface area contributed by atoms with E-state index in [1.807, 2.05) is 13.0 Å². The highest BCUT2D eigenvalue weighted by Gasteiger charge is 2.28. The molecule has 1 fully saturated rings. The molecule has 6 nitrogen and oxygen atoms in total. The van der Waals surface area contributed by atoms with Crippen LogP contribution in [0.2, 0.25) is 0 Å². The first-order chi connectivity index (χ1) is 11.1. The van der Waals surface area contributed by atoms with E-state index in [9.17, 15) is 9.59 Å². The van der Waals surface area contributed by atoms with E-state index in [0.717, 1.165) is 35.1 Å². The quantitative estimate of drug-likeness (QED) is 0.673. The fourth-order valence-corrected chi connectivity index (χ4v) is 3.76. The van der Waals surface area contributed by atoms with Crippen LogP contribution in [0.4, 0.5) is 5.69 Å². The summed E-state index contributed by atoms with van der Waals surface area (Å²) < 4.78 is 2.13. The average molecular weight is 328 g/mol. The topological polar surface area (TPSA) is 76.9 Å². The van der Waals surface area contributed by atoms with E-state index in [0.29, 0.717) is 23.8 Å². The Morgan fingerprint density at radius 1 is 1.39 bits per heavy atom. The van der Waals surface area contributed by atoms with Gasteiger partial charge in [0, 0.05) is 17.3 Å². The highest BCUT2D eigenvalue weighted by Crippen LogP contribution is 2.38. The average Bonchev–Trinajstić information content (AvgIpc) is 3.19. The van der Waals surface area contributed by atoms with Crippen LogP contribution in [0.1, 0.15) is 40.6 Å². The Hall–Kier alpha value is -2.15. The van der Waals surface area contributed by atoms with E-state index >= 15 is 0 Å². The molecule has 4 rings (SSSR count). The molecule has 1 aliphatic carbocycles. The number of fused-ring (bicyclic) bond motifs is 1. The van der Waals surface area contributed by atoms with Gasteiger partial charge in [0.05, 0.1) is 12.2 Å². The minimum absolute atomic E-state index is 0.0213.